The van der Waals surface area contributed by atoms with Gasteiger partial charge in [0.05, 0.1) is 23.0 Å². The molecule has 1 aliphatic heterocycles. The van der Waals surface area contributed by atoms with Crippen LogP contribution in [-0.4, -0.2) is 43.0 Å². The number of carbonyl (C=O) groups is 3. The number of ketones is 1. The molecule has 6 nitrogen and oxygen atoms in total. The number of piperidine rings is 1. The van der Waals surface area contributed by atoms with Crippen molar-refractivity contribution in [2.24, 2.45) is 11.3 Å². The first kappa shape index (κ1) is 19.6. The molecule has 0 spiro atoms. The molecular weight excluding hydrogens is 342 g/mol. The Morgan fingerprint density at radius 3 is 2.32 bits per heavy atom. The van der Waals surface area contributed by atoms with Crippen LogP contribution in [0.25, 0.3) is 0 Å². The number of nitrogens with zero attached hydrogens (tertiary/aromatic N) is 1. The summed E-state index contributed by atoms with van der Waals surface area (Å²) in [6.07, 6.45) is 1.25. The molecule has 25 heavy (non-hydrogen) atoms. The Labute approximate surface area is 152 Å². The van der Waals surface area contributed by atoms with Crippen molar-refractivity contribution in [3.63, 3.8) is 0 Å². The molecule has 0 unspecified atom stereocenters. The highest BCUT2D eigenvalue weighted by Crippen LogP contribution is 2.29. The van der Waals surface area contributed by atoms with Gasteiger partial charge in [-0.05, 0) is 46.1 Å². The lowest BCUT2D eigenvalue weighted by Crippen LogP contribution is -2.40. The van der Waals surface area contributed by atoms with Crippen molar-refractivity contribution >= 4 is 29.1 Å². The average molecular weight is 367 g/mol. The van der Waals surface area contributed by atoms with Crippen LogP contribution in [-0.2, 0) is 14.4 Å². The van der Waals surface area contributed by atoms with Crippen LogP contribution >= 0.6 is 11.3 Å². The summed E-state index contributed by atoms with van der Waals surface area (Å²) in [7, 11) is 1.33. The summed E-state index contributed by atoms with van der Waals surface area (Å²) < 4.78 is 4.74. The van der Waals surface area contributed by atoms with Crippen molar-refractivity contribution < 1.29 is 24.0 Å². The Kier molecular flexibility index (Phi) is 6.00. The number of thiophene rings is 1. The Morgan fingerprint density at radius 1 is 1.20 bits per heavy atom. The second kappa shape index (κ2) is 7.66. The molecule has 0 radical (unpaired) electrons. The number of carbonyl (C=O) groups excluding carboxylic acids is 3. The van der Waals surface area contributed by atoms with Gasteiger partial charge in [0, 0.05) is 24.4 Å². The van der Waals surface area contributed by atoms with Crippen LogP contribution in [0.5, 0.6) is 0 Å². The van der Waals surface area contributed by atoms with E-state index in [0.717, 1.165) is 0 Å². The number of hydroxylamine groups is 2. The van der Waals surface area contributed by atoms with E-state index in [9.17, 15) is 14.4 Å². The fourth-order valence-corrected chi connectivity index (χ4v) is 3.70. The predicted octanol–water partition coefficient (Wildman–Crippen LogP) is 3.24. The third-order valence-electron chi connectivity index (χ3n) is 4.32. The molecule has 0 atom stereocenters. The largest absolute Gasteiger partial charge is 0.465 e. The van der Waals surface area contributed by atoms with Gasteiger partial charge >= 0.3 is 11.9 Å². The summed E-state index contributed by atoms with van der Waals surface area (Å²) in [5.74, 6) is -0.752. The molecule has 7 heteroatoms. The van der Waals surface area contributed by atoms with E-state index in [1.807, 2.05) is 20.8 Å². The molecule has 0 saturated carbocycles. The summed E-state index contributed by atoms with van der Waals surface area (Å²) >= 11 is 1.29. The van der Waals surface area contributed by atoms with Gasteiger partial charge in [0.25, 0.3) is 0 Å². The van der Waals surface area contributed by atoms with E-state index < -0.39 is 11.4 Å². The van der Waals surface area contributed by atoms with E-state index in [1.54, 1.807) is 17.4 Å². The van der Waals surface area contributed by atoms with Crippen molar-refractivity contribution in [3.05, 3.63) is 21.4 Å². The highest BCUT2D eigenvalue weighted by Gasteiger charge is 2.32. The molecule has 2 rings (SSSR count). The maximum atomic E-state index is 12.8. The molecular formula is C18H25NO5S. The van der Waals surface area contributed by atoms with Gasteiger partial charge in [0.1, 0.15) is 0 Å². The molecule has 138 valence electrons. The molecule has 1 saturated heterocycles. The third-order valence-corrected chi connectivity index (χ3v) is 5.41. The molecule has 0 N–H and O–H groups in total. The van der Waals surface area contributed by atoms with Crippen molar-refractivity contribution in [1.29, 1.82) is 0 Å². The summed E-state index contributed by atoms with van der Waals surface area (Å²) in [4.78, 5) is 42.4. The van der Waals surface area contributed by atoms with E-state index in [0.29, 0.717) is 41.9 Å². The average Bonchev–Trinajstić information content (AvgIpc) is 2.95. The van der Waals surface area contributed by atoms with Crippen LogP contribution in [0, 0.1) is 18.3 Å². The lowest BCUT2D eigenvalue weighted by molar-refractivity contribution is -0.205. The summed E-state index contributed by atoms with van der Waals surface area (Å²) in [6.45, 7) is 8.27. The Hall–Kier alpha value is -1.73. The van der Waals surface area contributed by atoms with Gasteiger partial charge in [-0.15, -0.1) is 16.4 Å². The first-order valence-electron chi connectivity index (χ1n) is 8.33. The van der Waals surface area contributed by atoms with E-state index in [2.05, 4.69) is 0 Å². The lowest BCUT2D eigenvalue weighted by atomic mass is 9.91. The molecule has 0 bridgehead atoms. The van der Waals surface area contributed by atoms with Gasteiger partial charge in [-0.25, -0.2) is 9.59 Å². The smallest absolute Gasteiger partial charge is 0.338 e. The summed E-state index contributed by atoms with van der Waals surface area (Å²) in [5.41, 5.74) is 0.584. The van der Waals surface area contributed by atoms with Gasteiger partial charge < -0.3 is 9.57 Å². The molecule has 1 aliphatic rings. The van der Waals surface area contributed by atoms with E-state index >= 15 is 0 Å². The molecule has 2 heterocycles. The summed E-state index contributed by atoms with van der Waals surface area (Å²) in [6, 6.07) is 0. The molecule has 1 aromatic rings. The Balaban J connectivity index is 1.97. The summed E-state index contributed by atoms with van der Waals surface area (Å²) in [5, 5.41) is 3.31. The van der Waals surface area contributed by atoms with Gasteiger partial charge in [-0.2, -0.15) is 0 Å². The minimum atomic E-state index is -0.551. The number of hydrogen-bond acceptors (Lipinski definition) is 7. The zero-order valence-corrected chi connectivity index (χ0v) is 16.2. The second-order valence-electron chi connectivity index (χ2n) is 7.29. The topological polar surface area (TPSA) is 72.9 Å². The van der Waals surface area contributed by atoms with Crippen LogP contribution in [0.3, 0.4) is 0 Å². The zero-order valence-electron chi connectivity index (χ0n) is 15.4. The fraction of sp³-hybridized carbons (Fsp3) is 0.611. The number of hydrogen-bond donors (Lipinski definition) is 0. The molecule has 0 aromatic carbocycles. The molecule has 1 aromatic heterocycles. The number of methoxy groups -OCH3 is 1. The molecule has 1 fully saturated rings. The predicted molar refractivity (Wildman–Crippen MR) is 94.6 cm³/mol. The van der Waals surface area contributed by atoms with Crippen LogP contribution < -0.4 is 0 Å². The Bertz CT molecular complexity index is 665. The molecule has 0 amide bonds. The normalized spacial score (nSPS) is 16.5. The first-order chi connectivity index (χ1) is 11.6. The first-order valence-corrected chi connectivity index (χ1v) is 9.21. The van der Waals surface area contributed by atoms with E-state index in [1.165, 1.54) is 18.4 Å². The second-order valence-corrected chi connectivity index (χ2v) is 8.17. The minimum Gasteiger partial charge on any atom is -0.465 e. The van der Waals surface area contributed by atoms with Crippen molar-refractivity contribution in [3.8, 4) is 0 Å². The van der Waals surface area contributed by atoms with Crippen molar-refractivity contribution in [2.45, 2.75) is 40.5 Å². The highest BCUT2D eigenvalue weighted by atomic mass is 32.1. The highest BCUT2D eigenvalue weighted by molar-refractivity contribution is 7.12. The number of ether oxygens (including phenoxy) is 1. The van der Waals surface area contributed by atoms with Gasteiger partial charge in [-0.3, -0.25) is 4.79 Å². The fourth-order valence-electron chi connectivity index (χ4n) is 2.62. The third kappa shape index (κ3) is 4.46. The van der Waals surface area contributed by atoms with Crippen LogP contribution in [0.1, 0.15) is 59.2 Å². The van der Waals surface area contributed by atoms with Crippen molar-refractivity contribution in [2.75, 3.05) is 20.2 Å². The van der Waals surface area contributed by atoms with Crippen LogP contribution in [0.2, 0.25) is 0 Å². The van der Waals surface area contributed by atoms with E-state index in [-0.39, 0.29) is 17.7 Å². The van der Waals surface area contributed by atoms with Crippen molar-refractivity contribution in [1.82, 2.24) is 5.06 Å². The molecule has 0 aliphatic carbocycles. The number of esters is 1. The number of rotatable bonds is 4. The van der Waals surface area contributed by atoms with Gasteiger partial charge in [-0.1, -0.05) is 0 Å². The Morgan fingerprint density at radius 2 is 1.80 bits per heavy atom. The minimum absolute atomic E-state index is 0.0550. The quantitative estimate of drug-likeness (QED) is 0.601. The standard InChI is InChI=1S/C18H25NO5S/c1-11-13(16(21)23-5)10-25-15(11)14(20)12-6-8-19(9-7-12)24-17(22)18(2,3)4/h10,12H,6-9H2,1-5H3. The maximum absolute atomic E-state index is 12.8. The van der Waals surface area contributed by atoms with Crippen LogP contribution in [0.4, 0.5) is 0 Å². The number of Topliss-reactive ketones (excluding diaryl/α,β-unsaturated/α-hetero) is 1. The lowest BCUT2D eigenvalue weighted by Gasteiger charge is -2.31. The maximum Gasteiger partial charge on any atom is 0.338 e. The monoisotopic (exact) mass is 367 g/mol. The van der Waals surface area contributed by atoms with E-state index in [4.69, 9.17) is 9.57 Å². The zero-order chi connectivity index (χ0) is 18.8. The SMILES string of the molecule is COC(=O)c1csc(C(=O)C2CCN(OC(=O)C(C)(C)C)CC2)c1C. The van der Waals surface area contributed by atoms with Crippen LogP contribution in [0.15, 0.2) is 5.38 Å². The van der Waals surface area contributed by atoms with Gasteiger partial charge in [0.2, 0.25) is 0 Å². The van der Waals surface area contributed by atoms with Gasteiger partial charge in [0.15, 0.2) is 5.78 Å².